The largest absolute Gasteiger partial charge is 0.134 e. The molecule has 1 aromatic carbocycles. The Hall–Kier alpha value is 3.54. The van der Waals surface area contributed by atoms with E-state index in [2.05, 4.69) is 181 Å². The molecule has 0 nitrogen and oxygen atoms in total. The monoisotopic (exact) mass is 903 g/mol. The topological polar surface area (TPSA) is 0 Å². The summed E-state index contributed by atoms with van der Waals surface area (Å²) in [6.07, 6.45) is 0.744. The zero-order valence-electron chi connectivity index (χ0n) is 12.5. The third kappa shape index (κ3) is 3.27. The highest BCUT2D eigenvalue weighted by Crippen LogP contribution is 2.78. The van der Waals surface area contributed by atoms with E-state index in [1.807, 2.05) is 6.07 Å². The van der Waals surface area contributed by atoms with Gasteiger partial charge >= 0.3 is 0 Å². The van der Waals surface area contributed by atoms with Crippen LogP contribution in [-0.4, -0.2) is 17.3 Å². The Morgan fingerprint density at radius 3 is 1.62 bits per heavy atom. The Bertz CT molecular complexity index is 621. The van der Waals surface area contributed by atoms with Crippen LogP contribution in [0, 0.1) is 0 Å². The lowest BCUT2D eigenvalue weighted by Crippen LogP contribution is -2.73. The van der Waals surface area contributed by atoms with Crippen molar-refractivity contribution >= 4 is 143 Å². The zero-order valence-corrected chi connectivity index (χ0v) is 26.8. The van der Waals surface area contributed by atoms with Crippen LogP contribution < -0.4 is 0 Å². The first-order chi connectivity index (χ1) is 10.6. The predicted molar refractivity (Wildman–Crippen MR) is 138 cm³/mol. The summed E-state index contributed by atoms with van der Waals surface area (Å²) in [6, 6.07) is 10.5. The fraction of sp³-hybridized carbons (Fsp3) is 0.600. The molecule has 136 valence electrons. The highest BCUT2D eigenvalue weighted by Gasteiger charge is 2.78. The zero-order chi connectivity index (χ0) is 18.8. The highest BCUT2D eigenvalue weighted by molar-refractivity contribution is 9.34. The molecule has 2 rings (SSSR count). The van der Waals surface area contributed by atoms with Gasteiger partial charge in [-0.15, -0.1) is 0 Å². The van der Waals surface area contributed by atoms with Crippen LogP contribution in [0.2, 0.25) is 0 Å². The molecule has 0 spiro atoms. The second kappa shape index (κ2) is 7.35. The number of rotatable bonds is 2. The van der Waals surface area contributed by atoms with Crippen LogP contribution in [0.15, 0.2) is 30.3 Å². The molecule has 1 aliphatic carbocycles. The standard InChI is InChI=1S/C15H13Br9/c1-10(2,9-6-4-3-5-7-9)11(16)8-12(17,18)14(21,22)15(23,24)13(11,19)20/h3-7H,8H2,1-2H3. The number of hydrogen-bond donors (Lipinski definition) is 0. The fourth-order valence-electron chi connectivity index (χ4n) is 2.90. The maximum Gasteiger partial charge on any atom is 0.134 e. The van der Waals surface area contributed by atoms with Crippen LogP contribution in [0.1, 0.15) is 25.8 Å². The van der Waals surface area contributed by atoms with E-state index in [-0.39, 0.29) is 5.41 Å². The average Bonchev–Trinajstić information content (AvgIpc) is 2.45. The molecule has 1 fully saturated rings. The van der Waals surface area contributed by atoms with Crippen LogP contribution >= 0.6 is 143 Å². The van der Waals surface area contributed by atoms with Crippen LogP contribution in [0.4, 0.5) is 0 Å². The van der Waals surface area contributed by atoms with E-state index in [9.17, 15) is 0 Å². The molecule has 0 saturated heterocycles. The lowest BCUT2D eigenvalue weighted by Gasteiger charge is -2.64. The Kier molecular flexibility index (Phi) is 7.29. The smallest absolute Gasteiger partial charge is 0.0817 e. The van der Waals surface area contributed by atoms with Crippen molar-refractivity contribution in [3.63, 3.8) is 0 Å². The van der Waals surface area contributed by atoms with Gasteiger partial charge in [0.05, 0.1) is 4.32 Å². The highest BCUT2D eigenvalue weighted by atomic mass is 79.9. The molecule has 1 aromatic rings. The summed E-state index contributed by atoms with van der Waals surface area (Å²) in [6.45, 7) is 4.49. The molecule has 1 saturated carbocycles. The normalized spacial score (nSPS) is 30.8. The first kappa shape index (κ1) is 23.8. The van der Waals surface area contributed by atoms with Gasteiger partial charge in [0.25, 0.3) is 0 Å². The number of alkyl halides is 9. The van der Waals surface area contributed by atoms with Crippen molar-refractivity contribution in [3.05, 3.63) is 35.9 Å². The molecule has 0 aliphatic heterocycles. The van der Waals surface area contributed by atoms with Crippen LogP contribution in [-0.2, 0) is 5.41 Å². The summed E-state index contributed by atoms with van der Waals surface area (Å²) in [4.78, 5) is 0. The van der Waals surface area contributed by atoms with E-state index in [0.29, 0.717) is 0 Å². The number of hydrogen-bond acceptors (Lipinski definition) is 0. The van der Waals surface area contributed by atoms with Crippen molar-refractivity contribution in [1.29, 1.82) is 0 Å². The van der Waals surface area contributed by atoms with Crippen molar-refractivity contribution < 1.29 is 0 Å². The number of halogens is 9. The summed E-state index contributed by atoms with van der Waals surface area (Å²) in [5.74, 6) is 0. The van der Waals surface area contributed by atoms with Gasteiger partial charge in [-0.1, -0.05) is 188 Å². The van der Waals surface area contributed by atoms with Gasteiger partial charge in [-0.3, -0.25) is 0 Å². The Balaban J connectivity index is 2.72. The van der Waals surface area contributed by atoms with Gasteiger partial charge in [-0.2, -0.15) is 0 Å². The quantitative estimate of drug-likeness (QED) is 0.260. The minimum Gasteiger partial charge on any atom is -0.0817 e. The third-order valence-electron chi connectivity index (χ3n) is 4.70. The van der Waals surface area contributed by atoms with Crippen molar-refractivity contribution in [2.75, 3.05) is 0 Å². The van der Waals surface area contributed by atoms with Gasteiger partial charge < -0.3 is 0 Å². The van der Waals surface area contributed by atoms with Crippen LogP contribution in [0.5, 0.6) is 0 Å². The molecule has 0 amide bonds. The molecular formula is C15H13Br9. The van der Waals surface area contributed by atoms with Gasteiger partial charge in [0.2, 0.25) is 0 Å². The van der Waals surface area contributed by atoms with Crippen molar-refractivity contribution in [1.82, 2.24) is 0 Å². The van der Waals surface area contributed by atoms with Gasteiger partial charge in [0, 0.05) is 5.41 Å². The van der Waals surface area contributed by atoms with Crippen LogP contribution in [0.25, 0.3) is 0 Å². The van der Waals surface area contributed by atoms with Gasteiger partial charge in [-0.05, 0) is 12.0 Å². The maximum absolute atomic E-state index is 4.12. The molecule has 0 bridgehead atoms. The third-order valence-corrected chi connectivity index (χ3v) is 23.2. The molecule has 1 atom stereocenters. The van der Waals surface area contributed by atoms with E-state index in [0.717, 1.165) is 6.42 Å². The van der Waals surface area contributed by atoms with E-state index in [1.165, 1.54) is 5.56 Å². The summed E-state index contributed by atoms with van der Waals surface area (Å²) in [5, 5.41) is 0. The number of benzene rings is 1. The van der Waals surface area contributed by atoms with Crippen molar-refractivity contribution in [2.24, 2.45) is 0 Å². The molecule has 24 heavy (non-hydrogen) atoms. The van der Waals surface area contributed by atoms with Gasteiger partial charge in [0.1, 0.15) is 12.9 Å². The maximum atomic E-state index is 4.12. The molecule has 1 unspecified atom stereocenters. The Morgan fingerprint density at radius 2 is 1.17 bits per heavy atom. The molecule has 9 heteroatoms. The molecule has 1 aliphatic rings. The van der Waals surface area contributed by atoms with Crippen molar-refractivity contribution in [3.8, 4) is 0 Å². The molecule has 0 aromatic heterocycles. The van der Waals surface area contributed by atoms with Crippen molar-refractivity contribution in [2.45, 2.75) is 42.9 Å². The van der Waals surface area contributed by atoms with E-state index >= 15 is 0 Å². The molecular weight excluding hydrogens is 899 g/mol. The summed E-state index contributed by atoms with van der Waals surface area (Å²) < 4.78 is -2.62. The molecule has 0 heterocycles. The minimum atomic E-state index is -0.624. The molecule has 0 radical (unpaired) electrons. The second-order valence-electron chi connectivity index (χ2n) is 6.40. The van der Waals surface area contributed by atoms with E-state index < -0.39 is 17.3 Å². The first-order valence-electron chi connectivity index (χ1n) is 6.82. The summed E-state index contributed by atoms with van der Waals surface area (Å²) in [5.41, 5.74) is 1.02. The first-order valence-corrected chi connectivity index (χ1v) is 14.0. The Morgan fingerprint density at radius 1 is 0.708 bits per heavy atom. The molecule has 0 N–H and O–H groups in total. The average molecular weight is 912 g/mol. The minimum absolute atomic E-state index is 0.225. The second-order valence-corrected chi connectivity index (χ2v) is 21.9. The summed E-state index contributed by atoms with van der Waals surface area (Å²) in [7, 11) is 0. The van der Waals surface area contributed by atoms with E-state index in [1.54, 1.807) is 0 Å². The lowest BCUT2D eigenvalue weighted by atomic mass is 9.67. The van der Waals surface area contributed by atoms with Crippen LogP contribution in [0.3, 0.4) is 0 Å². The fourth-order valence-corrected chi connectivity index (χ4v) is 12.8. The SMILES string of the molecule is CC(C)(c1ccccc1)C1(Br)CC(Br)(Br)C(Br)(Br)C(Br)(Br)C1(Br)Br. The summed E-state index contributed by atoms with van der Waals surface area (Å²) >= 11 is 35.3. The van der Waals surface area contributed by atoms with E-state index in [4.69, 9.17) is 0 Å². The predicted octanol–water partition coefficient (Wildman–Crippen LogP) is 9.45. The Labute approximate surface area is 219 Å². The lowest BCUT2D eigenvalue weighted by molar-refractivity contribution is 0.282. The van der Waals surface area contributed by atoms with Gasteiger partial charge in [0.15, 0.2) is 0 Å². The van der Waals surface area contributed by atoms with Gasteiger partial charge in [-0.25, -0.2) is 0 Å².